The van der Waals surface area contributed by atoms with E-state index in [2.05, 4.69) is 15.5 Å². The van der Waals surface area contributed by atoms with Crippen LogP contribution in [0.25, 0.3) is 22.9 Å². The number of amides is 1. The Kier molecular flexibility index (Phi) is 5.28. The van der Waals surface area contributed by atoms with Crippen LogP contribution < -0.4 is 5.32 Å². The molecule has 1 amide bonds. The van der Waals surface area contributed by atoms with Crippen molar-refractivity contribution in [1.82, 2.24) is 10.2 Å². The summed E-state index contributed by atoms with van der Waals surface area (Å²) in [6, 6.07) is 19.0. The van der Waals surface area contributed by atoms with Gasteiger partial charge < -0.3 is 9.73 Å². The standard InChI is InChI=1S/C23H18N4O4/c1-14-5-3-6-18(13-14)23-26-25-22(31-23)17-11-9-16(10-12-17)21(28)24-19-7-4-8-20(15(19)2)27(29)30/h3-13H,1-2H3,(H,24,28). The van der Waals surface area contributed by atoms with Crippen LogP contribution in [0.5, 0.6) is 0 Å². The summed E-state index contributed by atoms with van der Waals surface area (Å²) in [5, 5.41) is 22.0. The van der Waals surface area contributed by atoms with Crippen molar-refractivity contribution < 1.29 is 14.1 Å². The van der Waals surface area contributed by atoms with E-state index >= 15 is 0 Å². The average Bonchev–Trinajstić information content (AvgIpc) is 3.25. The molecule has 4 rings (SSSR count). The quantitative estimate of drug-likeness (QED) is 0.356. The largest absolute Gasteiger partial charge is 0.416 e. The molecule has 0 atom stereocenters. The number of carbonyl (C=O) groups is 1. The third kappa shape index (κ3) is 4.18. The maximum atomic E-state index is 12.6. The second-order valence-corrected chi connectivity index (χ2v) is 7.02. The highest BCUT2D eigenvalue weighted by atomic mass is 16.6. The lowest BCUT2D eigenvalue weighted by Crippen LogP contribution is -2.13. The summed E-state index contributed by atoms with van der Waals surface area (Å²) < 4.78 is 5.77. The summed E-state index contributed by atoms with van der Waals surface area (Å²) in [5.41, 5.74) is 3.74. The molecule has 1 heterocycles. The molecule has 0 aliphatic heterocycles. The number of aromatic nitrogens is 2. The lowest BCUT2D eigenvalue weighted by Gasteiger charge is -2.08. The van der Waals surface area contributed by atoms with Gasteiger partial charge in [-0.15, -0.1) is 10.2 Å². The highest BCUT2D eigenvalue weighted by Crippen LogP contribution is 2.27. The molecule has 1 N–H and O–H groups in total. The maximum absolute atomic E-state index is 12.6. The maximum Gasteiger partial charge on any atom is 0.274 e. The van der Waals surface area contributed by atoms with Gasteiger partial charge in [0.05, 0.1) is 16.2 Å². The zero-order valence-electron chi connectivity index (χ0n) is 16.8. The first-order chi connectivity index (χ1) is 14.9. The van der Waals surface area contributed by atoms with Gasteiger partial charge in [0.25, 0.3) is 11.6 Å². The van der Waals surface area contributed by atoms with Gasteiger partial charge in [-0.2, -0.15) is 0 Å². The molecule has 0 spiro atoms. The molecule has 0 radical (unpaired) electrons. The van der Waals surface area contributed by atoms with Crippen LogP contribution in [0.1, 0.15) is 21.5 Å². The highest BCUT2D eigenvalue weighted by molar-refractivity contribution is 6.05. The van der Waals surface area contributed by atoms with Crippen LogP contribution in [0.2, 0.25) is 0 Å². The first kappa shape index (κ1) is 20.0. The van der Waals surface area contributed by atoms with E-state index in [1.807, 2.05) is 31.2 Å². The van der Waals surface area contributed by atoms with Crippen LogP contribution in [0, 0.1) is 24.0 Å². The lowest BCUT2D eigenvalue weighted by atomic mass is 10.1. The van der Waals surface area contributed by atoms with Crippen molar-refractivity contribution in [2.75, 3.05) is 5.32 Å². The molecule has 0 aliphatic rings. The number of anilines is 1. The number of rotatable bonds is 5. The van der Waals surface area contributed by atoms with E-state index < -0.39 is 4.92 Å². The Labute approximate surface area is 177 Å². The predicted molar refractivity (Wildman–Crippen MR) is 116 cm³/mol. The molecule has 0 fully saturated rings. The third-order valence-corrected chi connectivity index (χ3v) is 4.83. The first-order valence-corrected chi connectivity index (χ1v) is 9.49. The smallest absolute Gasteiger partial charge is 0.274 e. The SMILES string of the molecule is Cc1cccc(-c2nnc(-c3ccc(C(=O)Nc4cccc([N+](=O)[O-])c4C)cc3)o2)c1. The second-order valence-electron chi connectivity index (χ2n) is 7.02. The number of aryl methyl sites for hydroxylation is 1. The summed E-state index contributed by atoms with van der Waals surface area (Å²) in [6.07, 6.45) is 0. The normalized spacial score (nSPS) is 10.6. The van der Waals surface area contributed by atoms with Crippen LogP contribution in [0.3, 0.4) is 0 Å². The van der Waals surface area contributed by atoms with Crippen LogP contribution in [-0.2, 0) is 0 Å². The van der Waals surface area contributed by atoms with Gasteiger partial charge in [-0.3, -0.25) is 14.9 Å². The molecule has 0 aliphatic carbocycles. The summed E-state index contributed by atoms with van der Waals surface area (Å²) in [5.74, 6) is 0.390. The van der Waals surface area contributed by atoms with Crippen LogP contribution in [-0.4, -0.2) is 21.0 Å². The lowest BCUT2D eigenvalue weighted by molar-refractivity contribution is -0.385. The molecule has 3 aromatic carbocycles. The van der Waals surface area contributed by atoms with Crippen molar-refractivity contribution in [2.45, 2.75) is 13.8 Å². The number of hydrogen-bond donors (Lipinski definition) is 1. The summed E-state index contributed by atoms with van der Waals surface area (Å²) in [6.45, 7) is 3.58. The number of nitrogens with one attached hydrogen (secondary N) is 1. The van der Waals surface area contributed by atoms with Gasteiger partial charge in [-0.1, -0.05) is 23.8 Å². The van der Waals surface area contributed by atoms with Crippen molar-refractivity contribution in [1.29, 1.82) is 0 Å². The number of hydrogen-bond acceptors (Lipinski definition) is 6. The molecule has 8 nitrogen and oxygen atoms in total. The van der Waals surface area contributed by atoms with E-state index in [1.54, 1.807) is 37.3 Å². The van der Waals surface area contributed by atoms with Crippen LogP contribution in [0.15, 0.2) is 71.1 Å². The van der Waals surface area contributed by atoms with Gasteiger partial charge >= 0.3 is 0 Å². The monoisotopic (exact) mass is 414 g/mol. The van der Waals surface area contributed by atoms with E-state index in [0.717, 1.165) is 11.1 Å². The highest BCUT2D eigenvalue weighted by Gasteiger charge is 2.16. The van der Waals surface area contributed by atoms with E-state index in [-0.39, 0.29) is 11.6 Å². The van der Waals surface area contributed by atoms with E-state index in [4.69, 9.17) is 4.42 Å². The molecule has 31 heavy (non-hydrogen) atoms. The molecule has 154 valence electrons. The second kappa shape index (κ2) is 8.19. The van der Waals surface area contributed by atoms with E-state index in [1.165, 1.54) is 12.1 Å². The van der Waals surface area contributed by atoms with Crippen LogP contribution in [0.4, 0.5) is 11.4 Å². The van der Waals surface area contributed by atoms with Gasteiger partial charge in [0.15, 0.2) is 0 Å². The van der Waals surface area contributed by atoms with Crippen molar-refractivity contribution in [3.63, 3.8) is 0 Å². The molecule has 8 heteroatoms. The molecule has 0 saturated carbocycles. The fraction of sp³-hybridized carbons (Fsp3) is 0.0870. The van der Waals surface area contributed by atoms with E-state index in [0.29, 0.717) is 34.2 Å². The molecule has 4 aromatic rings. The van der Waals surface area contributed by atoms with Gasteiger partial charge in [0.2, 0.25) is 11.8 Å². The topological polar surface area (TPSA) is 111 Å². The minimum absolute atomic E-state index is 0.0473. The molecule has 0 unspecified atom stereocenters. The summed E-state index contributed by atoms with van der Waals surface area (Å²) in [7, 11) is 0. The summed E-state index contributed by atoms with van der Waals surface area (Å²) in [4.78, 5) is 23.2. The molecule has 0 saturated heterocycles. The average molecular weight is 414 g/mol. The number of nitro groups is 1. The van der Waals surface area contributed by atoms with Crippen molar-refractivity contribution in [3.8, 4) is 22.9 Å². The Hall–Kier alpha value is -4.33. The molecule has 0 bridgehead atoms. The van der Waals surface area contributed by atoms with Gasteiger partial charge in [0, 0.05) is 22.8 Å². The zero-order valence-corrected chi connectivity index (χ0v) is 16.8. The van der Waals surface area contributed by atoms with E-state index in [9.17, 15) is 14.9 Å². The minimum atomic E-state index is -0.477. The Balaban J connectivity index is 1.52. The van der Waals surface area contributed by atoms with Crippen molar-refractivity contribution in [3.05, 3.63) is 93.5 Å². The third-order valence-electron chi connectivity index (χ3n) is 4.83. The molecular formula is C23H18N4O4. The van der Waals surface area contributed by atoms with Crippen LogP contribution >= 0.6 is 0 Å². The number of benzene rings is 3. The number of nitrogens with zero attached hydrogens (tertiary/aromatic N) is 3. The Morgan fingerprint density at radius 1 is 0.935 bits per heavy atom. The minimum Gasteiger partial charge on any atom is -0.416 e. The Bertz CT molecular complexity index is 1280. The fourth-order valence-electron chi connectivity index (χ4n) is 3.15. The number of nitro benzene ring substituents is 1. The van der Waals surface area contributed by atoms with Gasteiger partial charge in [0.1, 0.15) is 0 Å². The van der Waals surface area contributed by atoms with Gasteiger partial charge in [-0.05, 0) is 56.3 Å². The summed E-state index contributed by atoms with van der Waals surface area (Å²) >= 11 is 0. The van der Waals surface area contributed by atoms with Crippen molar-refractivity contribution >= 4 is 17.3 Å². The van der Waals surface area contributed by atoms with Crippen molar-refractivity contribution in [2.24, 2.45) is 0 Å². The van der Waals surface area contributed by atoms with Gasteiger partial charge in [-0.25, -0.2) is 0 Å². The first-order valence-electron chi connectivity index (χ1n) is 9.49. The Morgan fingerprint density at radius 3 is 2.29 bits per heavy atom. The Morgan fingerprint density at radius 2 is 1.61 bits per heavy atom. The molecule has 1 aromatic heterocycles. The predicted octanol–water partition coefficient (Wildman–Crippen LogP) is 5.18. The number of carbonyl (C=O) groups excluding carboxylic acids is 1. The fourth-order valence-corrected chi connectivity index (χ4v) is 3.15. The molecular weight excluding hydrogens is 396 g/mol. The zero-order chi connectivity index (χ0) is 22.0.